The molecular weight excluding hydrogens is 308 g/mol. The van der Waals surface area contributed by atoms with Crippen LogP contribution in [0.2, 0.25) is 0 Å². The first kappa shape index (κ1) is 16.3. The summed E-state index contributed by atoms with van der Waals surface area (Å²) in [5.74, 6) is 0.926. The number of nitrogens with zero attached hydrogens (tertiary/aromatic N) is 3. The number of amides is 1. The molecule has 2 fully saturated rings. The normalized spacial score (nSPS) is 19.7. The molecular formula is C17H26N4OS. The van der Waals surface area contributed by atoms with Gasteiger partial charge in [-0.15, -0.1) is 11.3 Å². The van der Waals surface area contributed by atoms with Gasteiger partial charge in [0, 0.05) is 32.1 Å². The van der Waals surface area contributed by atoms with Crippen LogP contribution in [0.4, 0.5) is 0 Å². The van der Waals surface area contributed by atoms with E-state index in [1.165, 1.54) is 30.6 Å². The number of carbonyl (C=O) groups excluding carboxylic acids is 1. The molecule has 126 valence electrons. The highest BCUT2D eigenvalue weighted by molar-refractivity contribution is 7.09. The summed E-state index contributed by atoms with van der Waals surface area (Å²) in [6.07, 6.45) is 5.31. The minimum absolute atomic E-state index is 0.0398. The molecule has 1 aromatic rings. The third-order valence-electron chi connectivity index (χ3n) is 5.02. The molecule has 1 aromatic heterocycles. The van der Waals surface area contributed by atoms with Crippen molar-refractivity contribution < 1.29 is 4.79 Å². The fourth-order valence-corrected chi connectivity index (χ4v) is 3.98. The Labute approximate surface area is 142 Å². The smallest absolute Gasteiger partial charge is 0.243 e. The van der Waals surface area contributed by atoms with Crippen molar-refractivity contribution >= 4 is 23.2 Å². The first-order valence-corrected chi connectivity index (χ1v) is 9.22. The standard InChI is InChI=1S/C17H26N4OS/c1-20(2)15(22)12-19-16(18-11-14-5-3-10-23-14)21-9-8-17(13-21)6-4-7-17/h3,5,10H,4,6-9,11-13H2,1-2H3,(H,18,19). The Hall–Kier alpha value is -1.56. The van der Waals surface area contributed by atoms with Crippen LogP contribution in [-0.2, 0) is 11.3 Å². The Bertz CT molecular complexity index is 563. The maximum atomic E-state index is 11.9. The molecule has 0 radical (unpaired) electrons. The van der Waals surface area contributed by atoms with Gasteiger partial charge in [0.1, 0.15) is 6.54 Å². The van der Waals surface area contributed by atoms with Crippen LogP contribution < -0.4 is 5.32 Å². The molecule has 1 aliphatic heterocycles. The molecule has 1 aliphatic carbocycles. The number of guanidine groups is 1. The molecule has 0 atom stereocenters. The lowest BCUT2D eigenvalue weighted by Gasteiger charge is -2.38. The first-order valence-electron chi connectivity index (χ1n) is 8.34. The minimum atomic E-state index is 0.0398. The monoisotopic (exact) mass is 334 g/mol. The zero-order valence-corrected chi connectivity index (χ0v) is 14.9. The van der Waals surface area contributed by atoms with Gasteiger partial charge in [0.2, 0.25) is 5.91 Å². The SMILES string of the molecule is CN(C)C(=O)CN=C(NCc1cccs1)N1CCC2(CCC2)C1. The molecule has 5 nitrogen and oxygen atoms in total. The average molecular weight is 334 g/mol. The van der Waals surface area contributed by atoms with E-state index in [2.05, 4.69) is 32.7 Å². The lowest BCUT2D eigenvalue weighted by Crippen LogP contribution is -2.42. The van der Waals surface area contributed by atoms with Crippen LogP contribution in [0.25, 0.3) is 0 Å². The second-order valence-corrected chi connectivity index (χ2v) is 7.92. The molecule has 1 amide bonds. The Balaban J connectivity index is 1.65. The molecule has 2 aliphatic rings. The summed E-state index contributed by atoms with van der Waals surface area (Å²) in [6, 6.07) is 4.19. The van der Waals surface area contributed by atoms with Gasteiger partial charge in [0.25, 0.3) is 0 Å². The summed E-state index contributed by atoms with van der Waals surface area (Å²) in [5, 5.41) is 5.55. The average Bonchev–Trinajstić information content (AvgIpc) is 3.15. The van der Waals surface area contributed by atoms with Gasteiger partial charge >= 0.3 is 0 Å². The number of likely N-dealkylation sites (tertiary alicyclic amines) is 1. The third-order valence-corrected chi connectivity index (χ3v) is 5.89. The molecule has 1 saturated heterocycles. The first-order chi connectivity index (χ1) is 11.1. The maximum Gasteiger partial charge on any atom is 0.243 e. The molecule has 23 heavy (non-hydrogen) atoms. The summed E-state index contributed by atoms with van der Waals surface area (Å²) >= 11 is 1.74. The molecule has 1 spiro atoms. The number of hydrogen-bond donors (Lipinski definition) is 1. The molecule has 0 unspecified atom stereocenters. The van der Waals surface area contributed by atoms with Gasteiger partial charge in [-0.1, -0.05) is 12.5 Å². The summed E-state index contributed by atoms with van der Waals surface area (Å²) in [6.45, 7) is 3.12. The van der Waals surface area contributed by atoms with Crippen LogP contribution in [0.3, 0.4) is 0 Å². The Morgan fingerprint density at radius 1 is 1.43 bits per heavy atom. The van der Waals surface area contributed by atoms with Crippen LogP contribution >= 0.6 is 11.3 Å². The van der Waals surface area contributed by atoms with Crippen molar-refractivity contribution in [3.8, 4) is 0 Å². The lowest BCUT2D eigenvalue weighted by atomic mass is 9.68. The highest BCUT2D eigenvalue weighted by Gasteiger charge is 2.43. The van der Waals surface area contributed by atoms with Gasteiger partial charge in [-0.05, 0) is 36.1 Å². The van der Waals surface area contributed by atoms with Crippen molar-refractivity contribution in [2.45, 2.75) is 32.2 Å². The van der Waals surface area contributed by atoms with E-state index in [-0.39, 0.29) is 12.5 Å². The number of aliphatic imine (C=N–C) groups is 1. The van der Waals surface area contributed by atoms with Crippen LogP contribution in [0.15, 0.2) is 22.5 Å². The minimum Gasteiger partial charge on any atom is -0.351 e. The molecule has 6 heteroatoms. The summed E-state index contributed by atoms with van der Waals surface area (Å²) < 4.78 is 0. The highest BCUT2D eigenvalue weighted by atomic mass is 32.1. The van der Waals surface area contributed by atoms with Gasteiger partial charge in [-0.2, -0.15) is 0 Å². The zero-order chi connectivity index (χ0) is 16.3. The maximum absolute atomic E-state index is 11.9. The number of nitrogens with one attached hydrogen (secondary N) is 1. The zero-order valence-electron chi connectivity index (χ0n) is 14.0. The van der Waals surface area contributed by atoms with Crippen molar-refractivity contribution in [1.82, 2.24) is 15.1 Å². The van der Waals surface area contributed by atoms with Crippen LogP contribution in [0.5, 0.6) is 0 Å². The largest absolute Gasteiger partial charge is 0.351 e. The second-order valence-electron chi connectivity index (χ2n) is 6.89. The molecule has 2 heterocycles. The molecule has 1 saturated carbocycles. The number of likely N-dealkylation sites (N-methyl/N-ethyl adjacent to an activating group) is 1. The van der Waals surface area contributed by atoms with Gasteiger partial charge in [0.05, 0.1) is 6.54 Å². The van der Waals surface area contributed by atoms with E-state index in [1.807, 2.05) is 0 Å². The van der Waals surface area contributed by atoms with Crippen LogP contribution in [0, 0.1) is 5.41 Å². The highest BCUT2D eigenvalue weighted by Crippen LogP contribution is 2.47. The topological polar surface area (TPSA) is 47.9 Å². The van der Waals surface area contributed by atoms with Crippen LogP contribution in [-0.4, -0.2) is 55.4 Å². The predicted molar refractivity (Wildman–Crippen MR) is 94.6 cm³/mol. The second kappa shape index (κ2) is 6.91. The predicted octanol–water partition coefficient (Wildman–Crippen LogP) is 2.16. The van der Waals surface area contributed by atoms with E-state index in [0.29, 0.717) is 5.41 Å². The quantitative estimate of drug-likeness (QED) is 0.678. The number of hydrogen-bond acceptors (Lipinski definition) is 3. The number of thiophene rings is 1. The Morgan fingerprint density at radius 2 is 2.26 bits per heavy atom. The summed E-state index contributed by atoms with van der Waals surface area (Å²) in [4.78, 5) is 21.7. The fraction of sp³-hybridized carbons (Fsp3) is 0.647. The van der Waals surface area contributed by atoms with Crippen molar-refractivity contribution in [1.29, 1.82) is 0 Å². The fourth-order valence-electron chi connectivity index (χ4n) is 3.33. The Kier molecular flexibility index (Phi) is 4.90. The number of rotatable bonds is 4. The van der Waals surface area contributed by atoms with E-state index >= 15 is 0 Å². The van der Waals surface area contributed by atoms with E-state index in [0.717, 1.165) is 25.6 Å². The van der Waals surface area contributed by atoms with E-state index in [1.54, 1.807) is 30.3 Å². The molecule has 0 aromatic carbocycles. The summed E-state index contributed by atoms with van der Waals surface area (Å²) in [5.41, 5.74) is 0.525. The molecule has 1 N–H and O–H groups in total. The third kappa shape index (κ3) is 3.86. The van der Waals surface area contributed by atoms with Crippen molar-refractivity contribution in [2.75, 3.05) is 33.7 Å². The van der Waals surface area contributed by atoms with Gasteiger partial charge in [-0.25, -0.2) is 4.99 Å². The van der Waals surface area contributed by atoms with E-state index in [9.17, 15) is 4.79 Å². The van der Waals surface area contributed by atoms with Crippen molar-refractivity contribution in [3.63, 3.8) is 0 Å². The lowest BCUT2D eigenvalue weighted by molar-refractivity contribution is -0.127. The van der Waals surface area contributed by atoms with Crippen LogP contribution in [0.1, 0.15) is 30.6 Å². The number of carbonyl (C=O) groups is 1. The van der Waals surface area contributed by atoms with Crippen molar-refractivity contribution in [3.05, 3.63) is 22.4 Å². The van der Waals surface area contributed by atoms with Crippen molar-refractivity contribution in [2.24, 2.45) is 10.4 Å². The Morgan fingerprint density at radius 3 is 2.83 bits per heavy atom. The van der Waals surface area contributed by atoms with Gasteiger partial charge in [-0.3, -0.25) is 4.79 Å². The van der Waals surface area contributed by atoms with Gasteiger partial charge in [0.15, 0.2) is 5.96 Å². The molecule has 3 rings (SSSR count). The van der Waals surface area contributed by atoms with Gasteiger partial charge < -0.3 is 15.1 Å². The van der Waals surface area contributed by atoms with E-state index in [4.69, 9.17) is 0 Å². The molecule has 0 bridgehead atoms. The van der Waals surface area contributed by atoms with E-state index < -0.39 is 0 Å². The summed E-state index contributed by atoms with van der Waals surface area (Å²) in [7, 11) is 3.55.